The number of non-ortho nitro benzene ring substituents is 1. The number of hydrogen-bond donors (Lipinski definition) is 0. The highest BCUT2D eigenvalue weighted by Gasteiger charge is 2.21. The minimum absolute atomic E-state index is 0.00272. The van der Waals surface area contributed by atoms with Crippen LogP contribution in [-0.2, 0) is 4.79 Å². The largest absolute Gasteiger partial charge is 0.353 e. The monoisotopic (exact) mass is 415 g/mol. The van der Waals surface area contributed by atoms with Gasteiger partial charge in [0.05, 0.1) is 10.6 Å². The lowest BCUT2D eigenvalue weighted by Gasteiger charge is -2.35. The van der Waals surface area contributed by atoms with Gasteiger partial charge in [0.25, 0.3) is 5.69 Å². The average Bonchev–Trinajstić information content (AvgIpc) is 2.83. The molecule has 31 heavy (non-hydrogen) atoms. The number of aromatic nitrogens is 2. The summed E-state index contributed by atoms with van der Waals surface area (Å²) >= 11 is 0. The van der Waals surface area contributed by atoms with Crippen molar-refractivity contribution < 1.29 is 9.72 Å². The third kappa shape index (κ3) is 4.92. The fraction of sp³-hybridized carbons (Fsp3) is 0.174. The van der Waals surface area contributed by atoms with Crippen molar-refractivity contribution in [3.63, 3.8) is 0 Å². The minimum Gasteiger partial charge on any atom is -0.353 e. The van der Waals surface area contributed by atoms with Gasteiger partial charge in [-0.1, -0.05) is 42.5 Å². The normalized spacial score (nSPS) is 14.1. The van der Waals surface area contributed by atoms with Crippen LogP contribution < -0.4 is 4.90 Å². The van der Waals surface area contributed by atoms with E-state index in [2.05, 4.69) is 14.9 Å². The standard InChI is InChI=1S/C23H21N5O3/c29-23(10-9-18-5-4-8-20(15-18)28(30)31)27-13-11-26(12-14-27)22-16-21(24-17-25-22)19-6-2-1-3-7-19/h1-10,15-17H,11-14H2/b10-9+. The number of hydrogen-bond acceptors (Lipinski definition) is 6. The van der Waals surface area contributed by atoms with Crippen LogP contribution in [0.5, 0.6) is 0 Å². The molecule has 8 heteroatoms. The molecule has 0 spiro atoms. The van der Waals surface area contributed by atoms with E-state index in [0.29, 0.717) is 31.7 Å². The van der Waals surface area contributed by atoms with E-state index in [0.717, 1.165) is 17.1 Å². The number of anilines is 1. The molecular formula is C23H21N5O3. The molecule has 4 rings (SSSR count). The predicted molar refractivity (Wildman–Crippen MR) is 118 cm³/mol. The summed E-state index contributed by atoms with van der Waals surface area (Å²) in [7, 11) is 0. The molecule has 0 unspecified atom stereocenters. The second kappa shape index (κ2) is 9.17. The fourth-order valence-electron chi connectivity index (χ4n) is 3.46. The summed E-state index contributed by atoms with van der Waals surface area (Å²) < 4.78 is 0. The van der Waals surface area contributed by atoms with Crippen molar-refractivity contribution in [1.29, 1.82) is 0 Å². The van der Waals surface area contributed by atoms with Gasteiger partial charge in [0.2, 0.25) is 5.91 Å². The van der Waals surface area contributed by atoms with E-state index in [9.17, 15) is 14.9 Å². The Bertz CT molecular complexity index is 1110. The Balaban J connectivity index is 1.37. The van der Waals surface area contributed by atoms with Crippen LogP contribution >= 0.6 is 0 Å². The van der Waals surface area contributed by atoms with Gasteiger partial charge in [-0.3, -0.25) is 14.9 Å². The molecular weight excluding hydrogens is 394 g/mol. The Hall–Kier alpha value is -4.07. The summed E-state index contributed by atoms with van der Waals surface area (Å²) in [6, 6.07) is 18.1. The van der Waals surface area contributed by atoms with Gasteiger partial charge in [-0.05, 0) is 11.6 Å². The number of benzene rings is 2. The first-order valence-electron chi connectivity index (χ1n) is 9.94. The number of carbonyl (C=O) groups excluding carboxylic acids is 1. The summed E-state index contributed by atoms with van der Waals surface area (Å²) in [6.45, 7) is 2.48. The Labute approximate surface area is 179 Å². The molecule has 0 saturated carbocycles. The Morgan fingerprint density at radius 3 is 2.48 bits per heavy atom. The summed E-state index contributed by atoms with van der Waals surface area (Å²) in [4.78, 5) is 35.6. The van der Waals surface area contributed by atoms with E-state index in [-0.39, 0.29) is 11.6 Å². The Morgan fingerprint density at radius 2 is 1.74 bits per heavy atom. The van der Waals surface area contributed by atoms with Gasteiger partial charge >= 0.3 is 0 Å². The second-order valence-corrected chi connectivity index (χ2v) is 7.13. The number of carbonyl (C=O) groups is 1. The van der Waals surface area contributed by atoms with Gasteiger partial charge in [0.1, 0.15) is 12.1 Å². The van der Waals surface area contributed by atoms with Crippen molar-refractivity contribution in [1.82, 2.24) is 14.9 Å². The van der Waals surface area contributed by atoms with E-state index in [1.165, 1.54) is 18.2 Å². The number of piperazine rings is 1. The zero-order valence-electron chi connectivity index (χ0n) is 16.8. The lowest BCUT2D eigenvalue weighted by atomic mass is 10.1. The maximum absolute atomic E-state index is 12.5. The average molecular weight is 415 g/mol. The minimum atomic E-state index is -0.450. The van der Waals surface area contributed by atoms with E-state index in [1.54, 1.807) is 29.4 Å². The molecule has 3 aromatic rings. The number of rotatable bonds is 5. The first-order valence-corrected chi connectivity index (χ1v) is 9.94. The molecule has 1 aliphatic rings. The van der Waals surface area contributed by atoms with Crippen LogP contribution in [0.15, 0.2) is 73.1 Å². The molecule has 1 aliphatic heterocycles. The van der Waals surface area contributed by atoms with Crippen molar-refractivity contribution in [2.45, 2.75) is 0 Å². The highest BCUT2D eigenvalue weighted by molar-refractivity contribution is 5.92. The van der Waals surface area contributed by atoms with E-state index >= 15 is 0 Å². The molecule has 0 radical (unpaired) electrons. The van der Waals surface area contributed by atoms with Crippen LogP contribution in [-0.4, -0.2) is 51.9 Å². The van der Waals surface area contributed by atoms with E-state index in [1.807, 2.05) is 36.4 Å². The van der Waals surface area contributed by atoms with Crippen LogP contribution in [0.3, 0.4) is 0 Å². The number of amides is 1. The molecule has 156 valence electrons. The summed E-state index contributed by atoms with van der Waals surface area (Å²) in [5.41, 5.74) is 2.52. The quantitative estimate of drug-likeness (QED) is 0.360. The molecule has 2 heterocycles. The van der Waals surface area contributed by atoms with Crippen molar-refractivity contribution in [3.8, 4) is 11.3 Å². The molecule has 1 saturated heterocycles. The maximum atomic E-state index is 12.5. The molecule has 2 aromatic carbocycles. The molecule has 1 fully saturated rings. The van der Waals surface area contributed by atoms with Gasteiger partial charge in [0.15, 0.2) is 0 Å². The maximum Gasteiger partial charge on any atom is 0.270 e. The Kier molecular flexibility index (Phi) is 5.98. The number of nitro benzene ring substituents is 1. The first-order chi connectivity index (χ1) is 15.1. The Morgan fingerprint density at radius 1 is 0.968 bits per heavy atom. The van der Waals surface area contributed by atoms with Crippen molar-refractivity contribution in [3.05, 3.63) is 88.7 Å². The van der Waals surface area contributed by atoms with Gasteiger partial charge in [-0.2, -0.15) is 0 Å². The highest BCUT2D eigenvalue weighted by Crippen LogP contribution is 2.21. The van der Waals surface area contributed by atoms with Gasteiger partial charge in [-0.15, -0.1) is 0 Å². The molecule has 1 aromatic heterocycles. The third-order valence-corrected chi connectivity index (χ3v) is 5.14. The van der Waals surface area contributed by atoms with Crippen LogP contribution in [0.2, 0.25) is 0 Å². The van der Waals surface area contributed by atoms with Crippen molar-refractivity contribution in [2.24, 2.45) is 0 Å². The molecule has 8 nitrogen and oxygen atoms in total. The highest BCUT2D eigenvalue weighted by atomic mass is 16.6. The second-order valence-electron chi connectivity index (χ2n) is 7.13. The van der Waals surface area contributed by atoms with E-state index in [4.69, 9.17) is 0 Å². The van der Waals surface area contributed by atoms with Crippen LogP contribution in [0.25, 0.3) is 17.3 Å². The third-order valence-electron chi connectivity index (χ3n) is 5.14. The summed E-state index contributed by atoms with van der Waals surface area (Å²) in [5.74, 6) is 0.729. The lowest BCUT2D eigenvalue weighted by molar-refractivity contribution is -0.384. The van der Waals surface area contributed by atoms with E-state index < -0.39 is 4.92 Å². The zero-order valence-corrected chi connectivity index (χ0v) is 16.8. The van der Waals surface area contributed by atoms with Crippen molar-refractivity contribution in [2.75, 3.05) is 31.1 Å². The van der Waals surface area contributed by atoms with Crippen LogP contribution in [0, 0.1) is 10.1 Å². The first kappa shape index (κ1) is 20.2. The SMILES string of the molecule is O=C(/C=C/c1cccc([N+](=O)[O-])c1)N1CCN(c2cc(-c3ccccc3)ncn2)CC1. The molecule has 0 atom stereocenters. The van der Waals surface area contributed by atoms with Gasteiger partial charge in [-0.25, -0.2) is 9.97 Å². The number of nitro groups is 1. The van der Waals surface area contributed by atoms with Crippen molar-refractivity contribution >= 4 is 23.5 Å². The van der Waals surface area contributed by atoms with Gasteiger partial charge < -0.3 is 9.80 Å². The smallest absolute Gasteiger partial charge is 0.270 e. The molecule has 0 N–H and O–H groups in total. The number of nitrogens with zero attached hydrogens (tertiary/aromatic N) is 5. The zero-order chi connectivity index (χ0) is 21.6. The summed E-state index contributed by atoms with van der Waals surface area (Å²) in [6.07, 6.45) is 4.64. The molecule has 0 bridgehead atoms. The van der Waals surface area contributed by atoms with Gasteiger partial charge in [0, 0.05) is 56.0 Å². The lowest BCUT2D eigenvalue weighted by Crippen LogP contribution is -2.48. The molecule has 0 aliphatic carbocycles. The summed E-state index contributed by atoms with van der Waals surface area (Å²) in [5, 5.41) is 10.9. The van der Waals surface area contributed by atoms with Crippen LogP contribution in [0.1, 0.15) is 5.56 Å². The molecule has 1 amide bonds. The fourth-order valence-corrected chi connectivity index (χ4v) is 3.46. The van der Waals surface area contributed by atoms with Crippen LogP contribution in [0.4, 0.5) is 11.5 Å². The topological polar surface area (TPSA) is 92.5 Å². The predicted octanol–water partition coefficient (Wildman–Crippen LogP) is 3.41.